The number of anilines is 1. The summed E-state index contributed by atoms with van der Waals surface area (Å²) in [6.07, 6.45) is 7.43. The molecule has 4 heteroatoms. The van der Waals surface area contributed by atoms with Crippen LogP contribution < -0.4 is 5.32 Å². The summed E-state index contributed by atoms with van der Waals surface area (Å²) in [7, 11) is 0. The van der Waals surface area contributed by atoms with E-state index in [0.29, 0.717) is 12.2 Å². The largest absolute Gasteiger partial charge is 0.466 e. The molecule has 0 aliphatic carbocycles. The number of nitrogens with one attached hydrogen (secondary N) is 1. The van der Waals surface area contributed by atoms with Crippen LogP contribution in [0.1, 0.15) is 49.9 Å². The van der Waals surface area contributed by atoms with Crippen LogP contribution in [0.25, 0.3) is 0 Å². The second-order valence-electron chi connectivity index (χ2n) is 4.96. The Hall–Kier alpha value is -2.10. The van der Waals surface area contributed by atoms with Gasteiger partial charge < -0.3 is 10.1 Å². The molecule has 0 aliphatic heterocycles. The molecule has 0 atom stereocenters. The molecule has 1 aromatic carbocycles. The zero-order chi connectivity index (χ0) is 16.2. The van der Waals surface area contributed by atoms with E-state index in [9.17, 15) is 9.59 Å². The van der Waals surface area contributed by atoms with Gasteiger partial charge in [0, 0.05) is 17.8 Å². The first-order valence-corrected chi connectivity index (χ1v) is 7.85. The molecular weight excluding hydrogens is 278 g/mol. The Morgan fingerprint density at radius 3 is 2.41 bits per heavy atom. The zero-order valence-electron chi connectivity index (χ0n) is 13.4. The first-order chi connectivity index (χ1) is 10.7. The highest BCUT2D eigenvalue weighted by Gasteiger charge is 2.12. The van der Waals surface area contributed by atoms with Crippen LogP contribution in [0.4, 0.5) is 5.69 Å². The van der Waals surface area contributed by atoms with E-state index in [4.69, 9.17) is 4.74 Å². The lowest BCUT2D eigenvalue weighted by Gasteiger charge is -2.06. The van der Waals surface area contributed by atoms with Crippen LogP contribution in [0, 0.1) is 0 Å². The third kappa shape index (κ3) is 7.07. The highest BCUT2D eigenvalue weighted by Crippen LogP contribution is 2.11. The van der Waals surface area contributed by atoms with Crippen molar-refractivity contribution >= 4 is 17.4 Å². The molecule has 1 aromatic rings. The topological polar surface area (TPSA) is 55.4 Å². The molecule has 22 heavy (non-hydrogen) atoms. The van der Waals surface area contributed by atoms with Crippen LogP contribution in [-0.2, 0) is 9.53 Å². The third-order valence-corrected chi connectivity index (χ3v) is 3.08. The van der Waals surface area contributed by atoms with Crippen LogP contribution in [0.3, 0.4) is 0 Å². The van der Waals surface area contributed by atoms with Crippen molar-refractivity contribution < 1.29 is 14.3 Å². The standard InChI is InChI=1S/C18H25NO3/c1-3-5-6-7-8-13-19-16-11-9-15(10-12-16)17(20)14-18(21)22-4-2/h6-7,9-12,19H,3-5,8,13-14H2,1-2H3/b7-6+. The molecule has 0 amide bonds. The summed E-state index contributed by atoms with van der Waals surface area (Å²) >= 11 is 0. The van der Waals surface area contributed by atoms with Gasteiger partial charge in [0.2, 0.25) is 0 Å². The number of hydrogen-bond acceptors (Lipinski definition) is 4. The molecule has 0 saturated heterocycles. The zero-order valence-corrected chi connectivity index (χ0v) is 13.4. The molecule has 0 spiro atoms. The first-order valence-electron chi connectivity index (χ1n) is 7.85. The van der Waals surface area contributed by atoms with Gasteiger partial charge in [0.05, 0.1) is 6.61 Å². The predicted octanol–water partition coefficient (Wildman–Crippen LogP) is 3.98. The number of unbranched alkanes of at least 4 members (excludes halogenated alkanes) is 1. The minimum absolute atomic E-state index is 0.206. The average molecular weight is 303 g/mol. The number of carbonyl (C=O) groups is 2. The Labute approximate surface area is 132 Å². The second kappa shape index (κ2) is 10.6. The van der Waals surface area contributed by atoms with Crippen molar-refractivity contribution in [3.63, 3.8) is 0 Å². The van der Waals surface area contributed by atoms with E-state index in [0.717, 1.165) is 25.1 Å². The molecule has 0 radical (unpaired) electrons. The lowest BCUT2D eigenvalue weighted by molar-refractivity contribution is -0.141. The van der Waals surface area contributed by atoms with Gasteiger partial charge in [-0.05, 0) is 44.0 Å². The van der Waals surface area contributed by atoms with E-state index in [2.05, 4.69) is 24.4 Å². The van der Waals surface area contributed by atoms with E-state index in [1.807, 2.05) is 12.1 Å². The number of ketones is 1. The fourth-order valence-corrected chi connectivity index (χ4v) is 1.92. The Kier molecular flexibility index (Phi) is 8.65. The highest BCUT2D eigenvalue weighted by molar-refractivity contribution is 6.06. The van der Waals surface area contributed by atoms with E-state index in [1.165, 1.54) is 6.42 Å². The molecule has 0 bridgehead atoms. The Morgan fingerprint density at radius 2 is 1.77 bits per heavy atom. The fraction of sp³-hybridized carbons (Fsp3) is 0.444. The molecule has 0 fully saturated rings. The van der Waals surface area contributed by atoms with Crippen molar-refractivity contribution in [1.29, 1.82) is 0 Å². The number of ether oxygens (including phenoxy) is 1. The van der Waals surface area contributed by atoms with E-state index < -0.39 is 5.97 Å². The summed E-state index contributed by atoms with van der Waals surface area (Å²) in [6, 6.07) is 7.18. The molecule has 0 aromatic heterocycles. The van der Waals surface area contributed by atoms with Crippen LogP contribution in [0.15, 0.2) is 36.4 Å². The molecule has 120 valence electrons. The summed E-state index contributed by atoms with van der Waals surface area (Å²) in [4.78, 5) is 23.2. The van der Waals surface area contributed by atoms with Crippen molar-refractivity contribution in [3.8, 4) is 0 Å². The minimum atomic E-state index is -0.478. The first kappa shape index (κ1) is 18.0. The van der Waals surface area contributed by atoms with Gasteiger partial charge in [0.15, 0.2) is 5.78 Å². The molecule has 0 aliphatic rings. The number of allylic oxidation sites excluding steroid dienone is 1. The van der Waals surface area contributed by atoms with Gasteiger partial charge in [-0.15, -0.1) is 0 Å². The number of benzene rings is 1. The average Bonchev–Trinajstić information content (AvgIpc) is 2.51. The Morgan fingerprint density at radius 1 is 1.09 bits per heavy atom. The van der Waals surface area contributed by atoms with Gasteiger partial charge in [0.25, 0.3) is 0 Å². The summed E-state index contributed by atoms with van der Waals surface area (Å²) < 4.78 is 4.77. The van der Waals surface area contributed by atoms with Gasteiger partial charge in [-0.1, -0.05) is 25.5 Å². The Bertz CT molecular complexity index is 492. The van der Waals surface area contributed by atoms with Crippen molar-refractivity contribution in [2.75, 3.05) is 18.5 Å². The molecule has 0 heterocycles. The van der Waals surface area contributed by atoms with E-state index >= 15 is 0 Å². The Balaban J connectivity index is 2.39. The highest BCUT2D eigenvalue weighted by atomic mass is 16.5. The normalized spacial score (nSPS) is 10.6. The van der Waals surface area contributed by atoms with Crippen molar-refractivity contribution in [2.45, 2.75) is 39.5 Å². The summed E-state index contributed by atoms with van der Waals surface area (Å²) in [5.74, 6) is -0.693. The molecule has 1 N–H and O–H groups in total. The van der Waals surface area contributed by atoms with Crippen molar-refractivity contribution in [2.24, 2.45) is 0 Å². The summed E-state index contributed by atoms with van der Waals surface area (Å²) in [5, 5.41) is 3.29. The van der Waals surface area contributed by atoms with Crippen LogP contribution >= 0.6 is 0 Å². The van der Waals surface area contributed by atoms with Gasteiger partial charge in [-0.2, -0.15) is 0 Å². The van der Waals surface area contributed by atoms with Gasteiger partial charge in [-0.25, -0.2) is 0 Å². The lowest BCUT2D eigenvalue weighted by atomic mass is 10.1. The van der Waals surface area contributed by atoms with Crippen molar-refractivity contribution in [3.05, 3.63) is 42.0 Å². The maximum absolute atomic E-state index is 11.9. The van der Waals surface area contributed by atoms with E-state index in [-0.39, 0.29) is 12.2 Å². The summed E-state index contributed by atoms with van der Waals surface area (Å²) in [5.41, 5.74) is 1.50. The quantitative estimate of drug-likeness (QED) is 0.233. The lowest BCUT2D eigenvalue weighted by Crippen LogP contribution is -2.11. The van der Waals surface area contributed by atoms with Gasteiger partial charge in [0.1, 0.15) is 6.42 Å². The maximum atomic E-state index is 11.9. The fourth-order valence-electron chi connectivity index (χ4n) is 1.92. The number of esters is 1. The molecular formula is C18H25NO3. The number of rotatable bonds is 10. The molecule has 0 saturated carbocycles. The predicted molar refractivity (Wildman–Crippen MR) is 89.2 cm³/mol. The molecule has 4 nitrogen and oxygen atoms in total. The number of carbonyl (C=O) groups excluding carboxylic acids is 2. The van der Waals surface area contributed by atoms with Crippen LogP contribution in [-0.4, -0.2) is 24.9 Å². The summed E-state index contributed by atoms with van der Waals surface area (Å²) in [6.45, 7) is 5.03. The van der Waals surface area contributed by atoms with Gasteiger partial charge >= 0.3 is 5.97 Å². The van der Waals surface area contributed by atoms with Crippen LogP contribution in [0.5, 0.6) is 0 Å². The third-order valence-electron chi connectivity index (χ3n) is 3.08. The maximum Gasteiger partial charge on any atom is 0.313 e. The van der Waals surface area contributed by atoms with E-state index in [1.54, 1.807) is 19.1 Å². The minimum Gasteiger partial charge on any atom is -0.466 e. The van der Waals surface area contributed by atoms with Crippen LogP contribution in [0.2, 0.25) is 0 Å². The molecule has 1 rings (SSSR count). The smallest absolute Gasteiger partial charge is 0.313 e. The monoisotopic (exact) mass is 303 g/mol. The SMILES string of the molecule is CCC/C=C/CCNc1ccc(C(=O)CC(=O)OCC)cc1. The second-order valence-corrected chi connectivity index (χ2v) is 4.96. The number of hydrogen-bond donors (Lipinski definition) is 1. The molecule has 0 unspecified atom stereocenters. The number of Topliss-reactive ketones (excluding diaryl/α,β-unsaturated/α-hetero) is 1. The van der Waals surface area contributed by atoms with Crippen molar-refractivity contribution in [1.82, 2.24) is 0 Å². The van der Waals surface area contributed by atoms with Gasteiger partial charge in [-0.3, -0.25) is 9.59 Å².